The van der Waals surface area contributed by atoms with Gasteiger partial charge in [-0.25, -0.2) is 4.98 Å². The van der Waals surface area contributed by atoms with Crippen molar-refractivity contribution in [3.63, 3.8) is 0 Å². The van der Waals surface area contributed by atoms with Crippen molar-refractivity contribution in [2.45, 2.75) is 6.54 Å². The molecule has 0 radical (unpaired) electrons. The number of ether oxygens (including phenoxy) is 2. The van der Waals surface area contributed by atoms with Crippen LogP contribution in [-0.4, -0.2) is 19.2 Å². The molecule has 0 amide bonds. The van der Waals surface area contributed by atoms with Gasteiger partial charge in [-0.05, 0) is 28.5 Å². The topological polar surface area (TPSA) is 43.4 Å². The predicted molar refractivity (Wildman–Crippen MR) is 122 cm³/mol. The third kappa shape index (κ3) is 4.13. The number of rotatable bonds is 6. The van der Waals surface area contributed by atoms with E-state index in [1.807, 2.05) is 23.6 Å². The van der Waals surface area contributed by atoms with Gasteiger partial charge in [0.25, 0.3) is 0 Å². The number of nitrogens with zero attached hydrogens (tertiary/aromatic N) is 1. The molecule has 1 aromatic heterocycles. The summed E-state index contributed by atoms with van der Waals surface area (Å²) in [6.45, 7) is 0.730. The molecule has 0 aliphatic carbocycles. The second-order valence-corrected chi connectivity index (χ2v) is 6.95. The number of thiazole rings is 1. The second-order valence-electron chi connectivity index (χ2n) is 6.10. The average molecular weight is 457 g/mol. The van der Waals surface area contributed by atoms with E-state index in [9.17, 15) is 0 Å². The molecule has 28 heavy (non-hydrogen) atoms. The van der Waals surface area contributed by atoms with E-state index in [1.165, 1.54) is 16.3 Å². The molecule has 0 unspecified atom stereocenters. The summed E-state index contributed by atoms with van der Waals surface area (Å²) in [6.07, 6.45) is 0. The fourth-order valence-corrected chi connectivity index (χ4v) is 3.82. The van der Waals surface area contributed by atoms with Crippen LogP contribution in [0.1, 0.15) is 5.56 Å². The quantitative estimate of drug-likeness (QED) is 0.376. The molecule has 0 fully saturated rings. The van der Waals surface area contributed by atoms with Crippen molar-refractivity contribution in [3.8, 4) is 22.8 Å². The number of aromatic nitrogens is 1. The molecule has 0 saturated heterocycles. The van der Waals surface area contributed by atoms with Crippen molar-refractivity contribution >= 4 is 44.2 Å². The zero-order valence-electron chi connectivity index (χ0n) is 15.6. The molecule has 3 aromatic carbocycles. The normalized spacial score (nSPS) is 10.4. The minimum Gasteiger partial charge on any atom is -0.497 e. The Balaban J connectivity index is 0.00000225. The number of anilines is 1. The van der Waals surface area contributed by atoms with Gasteiger partial charge in [0.15, 0.2) is 5.13 Å². The number of hydrogen-bond acceptors (Lipinski definition) is 5. The van der Waals surface area contributed by atoms with Gasteiger partial charge in [-0.3, -0.25) is 0 Å². The van der Waals surface area contributed by atoms with E-state index < -0.39 is 0 Å². The highest BCUT2D eigenvalue weighted by Crippen LogP contribution is 2.35. The van der Waals surface area contributed by atoms with Crippen molar-refractivity contribution in [1.82, 2.24) is 4.98 Å². The highest BCUT2D eigenvalue weighted by atomic mass is 79.9. The van der Waals surface area contributed by atoms with Gasteiger partial charge in [0.05, 0.1) is 19.9 Å². The van der Waals surface area contributed by atoms with Crippen LogP contribution in [-0.2, 0) is 6.54 Å². The Bertz CT molecular complexity index is 1080. The zero-order valence-corrected chi connectivity index (χ0v) is 18.2. The van der Waals surface area contributed by atoms with Crippen LogP contribution < -0.4 is 14.8 Å². The highest BCUT2D eigenvalue weighted by molar-refractivity contribution is 8.93. The summed E-state index contributed by atoms with van der Waals surface area (Å²) in [5.74, 6) is 1.51. The van der Waals surface area contributed by atoms with E-state index >= 15 is 0 Å². The monoisotopic (exact) mass is 456 g/mol. The summed E-state index contributed by atoms with van der Waals surface area (Å²) in [5.41, 5.74) is 3.10. The number of nitrogens with one attached hydrogen (secondary N) is 1. The lowest BCUT2D eigenvalue weighted by molar-refractivity contribution is 0.395. The van der Waals surface area contributed by atoms with Crippen LogP contribution in [0.2, 0.25) is 0 Å². The third-order valence-corrected chi connectivity index (χ3v) is 5.30. The summed E-state index contributed by atoms with van der Waals surface area (Å²) in [4.78, 5) is 4.73. The molecule has 6 heteroatoms. The van der Waals surface area contributed by atoms with E-state index in [0.29, 0.717) is 0 Å². The number of halogens is 1. The minimum absolute atomic E-state index is 0. The fraction of sp³-hybridized carbons (Fsp3) is 0.136. The maximum absolute atomic E-state index is 5.49. The summed E-state index contributed by atoms with van der Waals surface area (Å²) >= 11 is 1.59. The molecule has 0 saturated carbocycles. The SMILES string of the molecule is Br.COc1ccc(-c2csc(NCc3cccc4ccccc34)n2)c(OC)c1. The first-order valence-electron chi connectivity index (χ1n) is 8.67. The molecule has 1 N–H and O–H groups in total. The van der Waals surface area contributed by atoms with Gasteiger partial charge in [0.1, 0.15) is 11.5 Å². The molecule has 0 aliphatic heterocycles. The van der Waals surface area contributed by atoms with Gasteiger partial charge < -0.3 is 14.8 Å². The Morgan fingerprint density at radius 1 is 0.964 bits per heavy atom. The van der Waals surface area contributed by atoms with E-state index in [2.05, 4.69) is 47.8 Å². The summed E-state index contributed by atoms with van der Waals surface area (Å²) in [6, 6.07) is 20.6. The molecule has 0 bridgehead atoms. The van der Waals surface area contributed by atoms with Crippen molar-refractivity contribution in [2.75, 3.05) is 19.5 Å². The molecule has 0 atom stereocenters. The molecule has 144 valence electrons. The van der Waals surface area contributed by atoms with Crippen LogP contribution in [0.3, 0.4) is 0 Å². The van der Waals surface area contributed by atoms with E-state index in [4.69, 9.17) is 14.5 Å². The van der Waals surface area contributed by atoms with Gasteiger partial charge in [0.2, 0.25) is 0 Å². The maximum atomic E-state index is 5.49. The first-order valence-corrected chi connectivity index (χ1v) is 9.55. The third-order valence-electron chi connectivity index (χ3n) is 4.50. The molecule has 4 rings (SSSR count). The average Bonchev–Trinajstić information content (AvgIpc) is 3.20. The fourth-order valence-electron chi connectivity index (χ4n) is 3.11. The first kappa shape index (κ1) is 20.2. The van der Waals surface area contributed by atoms with Gasteiger partial charge in [-0.2, -0.15) is 0 Å². The number of methoxy groups -OCH3 is 2. The molecule has 4 aromatic rings. The summed E-state index contributed by atoms with van der Waals surface area (Å²) < 4.78 is 10.8. The lowest BCUT2D eigenvalue weighted by atomic mass is 10.0. The zero-order chi connectivity index (χ0) is 18.6. The molecule has 0 aliphatic rings. The Morgan fingerprint density at radius 3 is 2.61 bits per heavy atom. The largest absolute Gasteiger partial charge is 0.497 e. The molecular weight excluding hydrogens is 436 g/mol. The highest BCUT2D eigenvalue weighted by Gasteiger charge is 2.11. The Hall–Kier alpha value is -2.57. The lowest BCUT2D eigenvalue weighted by Gasteiger charge is -2.09. The smallest absolute Gasteiger partial charge is 0.183 e. The van der Waals surface area contributed by atoms with Crippen LogP contribution in [0.5, 0.6) is 11.5 Å². The second kappa shape index (κ2) is 9.08. The van der Waals surface area contributed by atoms with Crippen LogP contribution in [0.4, 0.5) is 5.13 Å². The van der Waals surface area contributed by atoms with Crippen molar-refractivity contribution in [1.29, 1.82) is 0 Å². The predicted octanol–water partition coefficient (Wildman–Crippen LogP) is 6.17. The number of fused-ring (bicyclic) bond motifs is 1. The van der Waals surface area contributed by atoms with Crippen LogP contribution in [0.25, 0.3) is 22.0 Å². The molecule has 1 heterocycles. The van der Waals surface area contributed by atoms with Crippen LogP contribution in [0.15, 0.2) is 66.0 Å². The maximum Gasteiger partial charge on any atom is 0.183 e. The van der Waals surface area contributed by atoms with Crippen molar-refractivity contribution in [3.05, 3.63) is 71.6 Å². The van der Waals surface area contributed by atoms with E-state index in [1.54, 1.807) is 25.6 Å². The lowest BCUT2D eigenvalue weighted by Crippen LogP contribution is -1.99. The Kier molecular flexibility index (Phi) is 6.54. The van der Waals surface area contributed by atoms with Gasteiger partial charge in [0, 0.05) is 23.6 Å². The Morgan fingerprint density at radius 2 is 1.79 bits per heavy atom. The number of benzene rings is 3. The van der Waals surface area contributed by atoms with Crippen LogP contribution >= 0.6 is 28.3 Å². The summed E-state index contributed by atoms with van der Waals surface area (Å²) in [5, 5.41) is 8.88. The van der Waals surface area contributed by atoms with Gasteiger partial charge >= 0.3 is 0 Å². The van der Waals surface area contributed by atoms with E-state index in [0.717, 1.165) is 34.4 Å². The minimum atomic E-state index is 0. The first-order chi connectivity index (χ1) is 13.3. The van der Waals surface area contributed by atoms with Crippen LogP contribution in [0, 0.1) is 0 Å². The molecular formula is C22H21BrN2O2S. The number of hydrogen-bond donors (Lipinski definition) is 1. The van der Waals surface area contributed by atoms with Gasteiger partial charge in [-0.1, -0.05) is 42.5 Å². The molecule has 4 nitrogen and oxygen atoms in total. The van der Waals surface area contributed by atoms with E-state index in [-0.39, 0.29) is 17.0 Å². The summed E-state index contributed by atoms with van der Waals surface area (Å²) in [7, 11) is 3.30. The van der Waals surface area contributed by atoms with Gasteiger partial charge in [-0.15, -0.1) is 28.3 Å². The van der Waals surface area contributed by atoms with Crippen molar-refractivity contribution in [2.24, 2.45) is 0 Å². The Labute approximate surface area is 178 Å². The molecule has 0 spiro atoms. The standard InChI is InChI=1S/C22H20N2O2S.BrH/c1-25-17-10-11-19(21(12-17)26-2)20-14-27-22(24-20)23-13-16-8-5-7-15-6-3-4-9-18(15)16;/h3-12,14H,13H2,1-2H3,(H,23,24);1H. The van der Waals surface area contributed by atoms with Crippen molar-refractivity contribution < 1.29 is 9.47 Å².